The minimum Gasteiger partial charge on any atom is -0.459 e. The zero-order valence-electron chi connectivity index (χ0n) is 9.34. The minimum atomic E-state index is -4.33. The third-order valence-electron chi connectivity index (χ3n) is 1.65. The van der Waals surface area contributed by atoms with Gasteiger partial charge in [-0.2, -0.15) is 8.42 Å². The SMILES string of the molecule is CC(C)OC(=O)c1scc(Cl)c1S(=O)(=O)N=C=O. The molecule has 0 amide bonds. The first-order valence-electron chi connectivity index (χ1n) is 4.61. The van der Waals surface area contributed by atoms with Crippen LogP contribution in [0, 0.1) is 0 Å². The Morgan fingerprint density at radius 1 is 1.56 bits per heavy atom. The number of nitrogens with zero attached hydrogens (tertiary/aromatic N) is 1. The van der Waals surface area contributed by atoms with Crippen LogP contribution in [0.2, 0.25) is 5.02 Å². The maximum absolute atomic E-state index is 11.7. The lowest BCUT2D eigenvalue weighted by molar-refractivity contribution is 0.0379. The second-order valence-corrected chi connectivity index (χ2v) is 6.18. The Kier molecular flexibility index (Phi) is 4.64. The molecular weight excluding hydrogens is 302 g/mol. The standard InChI is InChI=1S/C9H8ClNO5S2/c1-5(2)16-9(13)7-8(6(10)3-17-7)18(14,15)11-4-12/h3,5H,1-2H3. The second-order valence-electron chi connectivity index (χ2n) is 3.35. The molecule has 0 spiro atoms. The van der Waals surface area contributed by atoms with E-state index in [1.54, 1.807) is 13.8 Å². The molecule has 0 N–H and O–H groups in total. The fourth-order valence-electron chi connectivity index (χ4n) is 1.07. The van der Waals surface area contributed by atoms with E-state index in [1.807, 2.05) is 0 Å². The highest BCUT2D eigenvalue weighted by molar-refractivity contribution is 7.90. The summed E-state index contributed by atoms with van der Waals surface area (Å²) in [6.07, 6.45) is 0.498. The van der Waals surface area contributed by atoms with Crippen LogP contribution < -0.4 is 0 Å². The Morgan fingerprint density at radius 2 is 2.17 bits per heavy atom. The van der Waals surface area contributed by atoms with Gasteiger partial charge in [0.15, 0.2) is 0 Å². The molecule has 0 aliphatic carbocycles. The zero-order valence-corrected chi connectivity index (χ0v) is 11.7. The Labute approximate surface area is 112 Å². The maximum atomic E-state index is 11.7. The van der Waals surface area contributed by atoms with Crippen molar-refractivity contribution in [2.75, 3.05) is 0 Å². The zero-order chi connectivity index (χ0) is 13.9. The van der Waals surface area contributed by atoms with E-state index < -0.39 is 27.0 Å². The van der Waals surface area contributed by atoms with Crippen LogP contribution in [0.1, 0.15) is 23.5 Å². The van der Waals surface area contributed by atoms with Crippen molar-refractivity contribution in [3.05, 3.63) is 15.3 Å². The summed E-state index contributed by atoms with van der Waals surface area (Å²) in [6.45, 7) is 3.23. The molecule has 9 heteroatoms. The number of sulfonamides is 1. The molecule has 0 atom stereocenters. The van der Waals surface area contributed by atoms with Gasteiger partial charge in [0.1, 0.15) is 9.77 Å². The molecule has 0 saturated heterocycles. The van der Waals surface area contributed by atoms with Crippen molar-refractivity contribution in [2.45, 2.75) is 24.8 Å². The van der Waals surface area contributed by atoms with Crippen LogP contribution in [0.25, 0.3) is 0 Å². The Morgan fingerprint density at radius 3 is 2.67 bits per heavy atom. The Bertz CT molecular complexity index is 613. The summed E-state index contributed by atoms with van der Waals surface area (Å²) in [7, 11) is -4.33. The molecule has 6 nitrogen and oxygen atoms in total. The average molecular weight is 310 g/mol. The lowest BCUT2D eigenvalue weighted by Gasteiger charge is -2.07. The molecule has 1 rings (SSSR count). The highest BCUT2D eigenvalue weighted by atomic mass is 35.5. The van der Waals surface area contributed by atoms with Crippen LogP contribution in [0.5, 0.6) is 0 Å². The fourth-order valence-corrected chi connectivity index (χ4v) is 3.69. The van der Waals surface area contributed by atoms with Gasteiger partial charge < -0.3 is 4.74 Å². The molecule has 0 fully saturated rings. The highest BCUT2D eigenvalue weighted by Gasteiger charge is 2.29. The van der Waals surface area contributed by atoms with Gasteiger partial charge in [-0.25, -0.2) is 9.59 Å². The van der Waals surface area contributed by atoms with E-state index >= 15 is 0 Å². The van der Waals surface area contributed by atoms with Crippen molar-refractivity contribution < 1.29 is 22.7 Å². The van der Waals surface area contributed by atoms with E-state index in [9.17, 15) is 18.0 Å². The number of thiophene rings is 1. The summed E-state index contributed by atoms with van der Waals surface area (Å²) in [5.41, 5.74) is 0. The van der Waals surface area contributed by atoms with Crippen LogP contribution in [-0.2, 0) is 19.6 Å². The van der Waals surface area contributed by atoms with Crippen molar-refractivity contribution in [1.29, 1.82) is 0 Å². The number of ether oxygens (including phenoxy) is 1. The number of carbonyl (C=O) groups excluding carboxylic acids is 2. The van der Waals surface area contributed by atoms with Crippen LogP contribution in [0.4, 0.5) is 0 Å². The van der Waals surface area contributed by atoms with Gasteiger partial charge in [0.05, 0.1) is 11.1 Å². The van der Waals surface area contributed by atoms with E-state index in [0.29, 0.717) is 0 Å². The number of hydrogen-bond acceptors (Lipinski definition) is 6. The molecule has 0 saturated carbocycles. The van der Waals surface area contributed by atoms with E-state index in [-0.39, 0.29) is 9.90 Å². The summed E-state index contributed by atoms with van der Waals surface area (Å²) < 4.78 is 30.8. The lowest BCUT2D eigenvalue weighted by atomic mass is 10.4. The minimum absolute atomic E-state index is 0.185. The predicted molar refractivity (Wildman–Crippen MR) is 65.2 cm³/mol. The van der Waals surface area contributed by atoms with Gasteiger partial charge in [0.2, 0.25) is 0 Å². The van der Waals surface area contributed by atoms with Crippen molar-refractivity contribution >= 4 is 45.0 Å². The van der Waals surface area contributed by atoms with Crippen LogP contribution in [0.3, 0.4) is 0 Å². The van der Waals surface area contributed by atoms with Crippen LogP contribution in [0.15, 0.2) is 14.7 Å². The number of isocyanates is 1. The molecule has 0 unspecified atom stereocenters. The average Bonchev–Trinajstić information content (AvgIpc) is 2.59. The normalized spacial score (nSPS) is 11.1. The highest BCUT2D eigenvalue weighted by Crippen LogP contribution is 2.33. The van der Waals surface area contributed by atoms with Gasteiger partial charge in [-0.15, -0.1) is 11.3 Å². The molecular formula is C9H8ClNO5S2. The number of rotatable bonds is 4. The predicted octanol–water partition coefficient (Wildman–Crippen LogP) is 1.99. The molecule has 98 valence electrons. The monoisotopic (exact) mass is 309 g/mol. The largest absolute Gasteiger partial charge is 0.459 e. The number of carbonyl (C=O) groups is 1. The Hall–Kier alpha value is -1.21. The molecule has 1 aromatic heterocycles. The van der Waals surface area contributed by atoms with Crippen LogP contribution in [-0.4, -0.2) is 26.6 Å². The molecule has 0 radical (unpaired) electrons. The van der Waals surface area contributed by atoms with Crippen molar-refractivity contribution in [1.82, 2.24) is 0 Å². The van der Waals surface area contributed by atoms with Crippen molar-refractivity contribution in [3.8, 4) is 0 Å². The summed E-state index contributed by atoms with van der Waals surface area (Å²) in [6, 6.07) is 0. The third kappa shape index (κ3) is 3.17. The Balaban J connectivity index is 3.34. The van der Waals surface area contributed by atoms with Gasteiger partial charge in [-0.05, 0) is 13.8 Å². The molecule has 0 aromatic carbocycles. The van der Waals surface area contributed by atoms with E-state index in [0.717, 1.165) is 17.4 Å². The molecule has 18 heavy (non-hydrogen) atoms. The first-order chi connectivity index (χ1) is 8.29. The van der Waals surface area contributed by atoms with Gasteiger partial charge in [0, 0.05) is 5.38 Å². The van der Waals surface area contributed by atoms with Gasteiger partial charge in [-0.3, -0.25) is 0 Å². The number of halogens is 1. The topological polar surface area (TPSA) is 89.9 Å². The summed E-state index contributed by atoms with van der Waals surface area (Å²) >= 11 is 6.48. The maximum Gasteiger partial charge on any atom is 0.350 e. The smallest absolute Gasteiger partial charge is 0.350 e. The molecule has 0 bridgehead atoms. The number of esters is 1. The van der Waals surface area contributed by atoms with Gasteiger partial charge in [0.25, 0.3) is 16.1 Å². The molecule has 1 heterocycles. The quantitative estimate of drug-likeness (QED) is 0.482. The van der Waals surface area contributed by atoms with Crippen molar-refractivity contribution in [3.63, 3.8) is 0 Å². The lowest BCUT2D eigenvalue weighted by Crippen LogP contribution is -2.13. The van der Waals surface area contributed by atoms with Gasteiger partial charge in [-0.1, -0.05) is 16.0 Å². The van der Waals surface area contributed by atoms with E-state index in [2.05, 4.69) is 4.40 Å². The molecule has 0 aliphatic rings. The molecule has 1 aromatic rings. The fraction of sp³-hybridized carbons (Fsp3) is 0.333. The molecule has 0 aliphatic heterocycles. The first kappa shape index (κ1) is 14.8. The first-order valence-corrected chi connectivity index (χ1v) is 7.31. The summed E-state index contributed by atoms with van der Waals surface area (Å²) in [5, 5.41) is 1.07. The van der Waals surface area contributed by atoms with E-state index in [4.69, 9.17) is 16.3 Å². The van der Waals surface area contributed by atoms with Crippen LogP contribution >= 0.6 is 22.9 Å². The van der Waals surface area contributed by atoms with E-state index in [1.165, 1.54) is 5.38 Å². The summed E-state index contributed by atoms with van der Waals surface area (Å²) in [5.74, 6) is -0.832. The third-order valence-corrected chi connectivity index (χ3v) is 4.53. The summed E-state index contributed by atoms with van der Waals surface area (Å²) in [4.78, 5) is 21.0. The van der Waals surface area contributed by atoms with Crippen molar-refractivity contribution in [2.24, 2.45) is 4.40 Å². The van der Waals surface area contributed by atoms with Gasteiger partial charge >= 0.3 is 5.97 Å². The second kappa shape index (κ2) is 5.62. The number of hydrogen-bond donors (Lipinski definition) is 0.